The van der Waals surface area contributed by atoms with Crippen molar-refractivity contribution in [1.29, 1.82) is 0 Å². The first-order chi connectivity index (χ1) is 9.34. The minimum atomic E-state index is -3.07. The molecule has 0 aliphatic heterocycles. The van der Waals surface area contributed by atoms with Crippen molar-refractivity contribution in [3.8, 4) is 5.75 Å². The third-order valence-corrected chi connectivity index (χ3v) is 2.77. The van der Waals surface area contributed by atoms with E-state index in [1.807, 2.05) is 32.0 Å². The van der Waals surface area contributed by atoms with Crippen LogP contribution in [-0.2, 0) is 4.79 Å². The van der Waals surface area contributed by atoms with Gasteiger partial charge < -0.3 is 15.8 Å². The molecule has 0 unspecified atom stereocenters. The van der Waals surface area contributed by atoms with Crippen LogP contribution in [0, 0.1) is 13.8 Å². The molecular weight excluding hydrogens is 266 g/mol. The molecule has 0 heterocycles. The fourth-order valence-corrected chi connectivity index (χ4v) is 1.50. The third-order valence-electron chi connectivity index (χ3n) is 2.77. The van der Waals surface area contributed by atoms with Gasteiger partial charge in [0.05, 0.1) is 26.1 Å². The van der Waals surface area contributed by atoms with Gasteiger partial charge in [0.1, 0.15) is 5.75 Å². The van der Waals surface area contributed by atoms with Crippen molar-refractivity contribution in [2.24, 2.45) is 5.73 Å². The van der Waals surface area contributed by atoms with Crippen molar-refractivity contribution in [3.05, 3.63) is 29.3 Å². The van der Waals surface area contributed by atoms with Gasteiger partial charge in [0.25, 0.3) is 5.92 Å². The molecule has 4 nitrogen and oxygen atoms in total. The summed E-state index contributed by atoms with van der Waals surface area (Å²) in [5, 5.41) is 2.14. The summed E-state index contributed by atoms with van der Waals surface area (Å²) in [6.45, 7) is 2.45. The Hall–Kier alpha value is -1.69. The Balaban J connectivity index is 2.33. The predicted octanol–water partition coefficient (Wildman–Crippen LogP) is 1.78. The highest BCUT2D eigenvalue weighted by molar-refractivity contribution is 5.76. The van der Waals surface area contributed by atoms with Gasteiger partial charge in [-0.3, -0.25) is 4.79 Å². The monoisotopic (exact) mass is 286 g/mol. The van der Waals surface area contributed by atoms with E-state index in [9.17, 15) is 13.6 Å². The summed E-state index contributed by atoms with van der Waals surface area (Å²) in [5.74, 6) is -2.85. The van der Waals surface area contributed by atoms with E-state index < -0.39 is 24.9 Å². The van der Waals surface area contributed by atoms with Gasteiger partial charge in [-0.2, -0.15) is 0 Å². The molecule has 0 aromatic heterocycles. The van der Waals surface area contributed by atoms with Crippen molar-refractivity contribution in [3.63, 3.8) is 0 Å². The van der Waals surface area contributed by atoms with Crippen LogP contribution in [0.25, 0.3) is 0 Å². The summed E-state index contributed by atoms with van der Waals surface area (Å²) in [4.78, 5) is 11.4. The van der Waals surface area contributed by atoms with Crippen LogP contribution in [0.4, 0.5) is 8.78 Å². The van der Waals surface area contributed by atoms with E-state index >= 15 is 0 Å². The Morgan fingerprint density at radius 1 is 1.40 bits per heavy atom. The molecule has 0 spiro atoms. The number of alkyl halides is 2. The summed E-state index contributed by atoms with van der Waals surface area (Å²) >= 11 is 0. The van der Waals surface area contributed by atoms with Crippen molar-refractivity contribution in [2.75, 3.05) is 19.7 Å². The first kappa shape index (κ1) is 16.4. The second-order valence-electron chi connectivity index (χ2n) is 4.70. The number of amides is 1. The highest BCUT2D eigenvalue weighted by atomic mass is 19.3. The molecule has 1 aromatic rings. The third kappa shape index (κ3) is 5.52. The van der Waals surface area contributed by atoms with Crippen LogP contribution in [0.2, 0.25) is 0 Å². The smallest absolute Gasteiger partial charge is 0.277 e. The van der Waals surface area contributed by atoms with E-state index in [1.165, 1.54) is 0 Å². The summed E-state index contributed by atoms with van der Waals surface area (Å²) in [5.41, 5.74) is 6.89. The van der Waals surface area contributed by atoms with Gasteiger partial charge in [0, 0.05) is 0 Å². The number of carbonyl (C=O) groups is 1. The Morgan fingerprint density at radius 2 is 2.10 bits per heavy atom. The van der Waals surface area contributed by atoms with Crippen LogP contribution in [0.1, 0.15) is 17.5 Å². The van der Waals surface area contributed by atoms with Crippen molar-refractivity contribution in [1.82, 2.24) is 5.32 Å². The van der Waals surface area contributed by atoms with Crippen LogP contribution in [-0.4, -0.2) is 31.5 Å². The number of aryl methyl sites for hydroxylation is 2. The number of hydrogen-bond donors (Lipinski definition) is 2. The molecule has 1 aromatic carbocycles. The van der Waals surface area contributed by atoms with E-state index in [2.05, 4.69) is 5.32 Å². The summed E-state index contributed by atoms with van der Waals surface area (Å²) in [6, 6.07) is 5.76. The summed E-state index contributed by atoms with van der Waals surface area (Å²) in [6.07, 6.45) is 0.0219. The molecule has 112 valence electrons. The van der Waals surface area contributed by atoms with Crippen LogP contribution in [0.3, 0.4) is 0 Å². The Morgan fingerprint density at radius 3 is 2.75 bits per heavy atom. The highest BCUT2D eigenvalue weighted by Gasteiger charge is 2.26. The van der Waals surface area contributed by atoms with Crippen LogP contribution in [0.15, 0.2) is 18.2 Å². The van der Waals surface area contributed by atoms with Gasteiger partial charge in [0.2, 0.25) is 5.91 Å². The molecule has 0 aliphatic rings. The molecule has 0 saturated carbocycles. The van der Waals surface area contributed by atoms with Crippen molar-refractivity contribution < 1.29 is 18.3 Å². The number of benzene rings is 1. The minimum Gasteiger partial charge on any atom is -0.493 e. The highest BCUT2D eigenvalue weighted by Crippen LogP contribution is 2.19. The number of nitrogens with two attached hydrogens (primary N) is 1. The molecule has 0 bridgehead atoms. The molecule has 1 rings (SSSR count). The predicted molar refractivity (Wildman–Crippen MR) is 73.0 cm³/mol. The maximum atomic E-state index is 12.8. The van der Waals surface area contributed by atoms with Gasteiger partial charge in [-0.25, -0.2) is 8.78 Å². The lowest BCUT2D eigenvalue weighted by Gasteiger charge is -2.15. The zero-order chi connectivity index (χ0) is 15.2. The lowest BCUT2D eigenvalue weighted by atomic mass is 10.1. The van der Waals surface area contributed by atoms with Crippen LogP contribution >= 0.6 is 0 Å². The molecule has 0 fully saturated rings. The molecule has 0 saturated heterocycles. The van der Waals surface area contributed by atoms with Crippen molar-refractivity contribution >= 4 is 5.91 Å². The zero-order valence-corrected chi connectivity index (χ0v) is 11.7. The lowest BCUT2D eigenvalue weighted by Crippen LogP contribution is -2.41. The van der Waals surface area contributed by atoms with E-state index in [4.69, 9.17) is 10.5 Å². The topological polar surface area (TPSA) is 64.3 Å². The number of nitrogens with one attached hydrogen (secondary N) is 1. The molecular formula is C14H20F2N2O2. The normalized spacial score (nSPS) is 11.2. The number of hydrogen-bond acceptors (Lipinski definition) is 3. The number of carbonyl (C=O) groups excluding carboxylic acids is 1. The standard InChI is InChI=1S/C14H20F2N2O2/c1-10-3-4-11(2)12(7-10)20-6-5-13(19)18-9-14(15,16)8-17/h3-4,7H,5-6,8-9,17H2,1-2H3,(H,18,19). The van der Waals surface area contributed by atoms with Crippen LogP contribution < -0.4 is 15.8 Å². The maximum absolute atomic E-state index is 12.8. The number of halogens is 2. The largest absolute Gasteiger partial charge is 0.493 e. The lowest BCUT2D eigenvalue weighted by molar-refractivity contribution is -0.123. The summed E-state index contributed by atoms with van der Waals surface area (Å²) < 4.78 is 31.1. The molecule has 1 amide bonds. The average molecular weight is 286 g/mol. The first-order valence-corrected chi connectivity index (χ1v) is 6.39. The number of ether oxygens (including phenoxy) is 1. The fraction of sp³-hybridized carbons (Fsp3) is 0.500. The second-order valence-corrected chi connectivity index (χ2v) is 4.70. The van der Waals surface area contributed by atoms with E-state index in [0.717, 1.165) is 11.1 Å². The quantitative estimate of drug-likeness (QED) is 0.803. The maximum Gasteiger partial charge on any atom is 0.277 e. The zero-order valence-electron chi connectivity index (χ0n) is 11.7. The number of rotatable bonds is 7. The van der Waals surface area contributed by atoms with E-state index in [0.29, 0.717) is 5.75 Å². The fourth-order valence-electron chi connectivity index (χ4n) is 1.50. The van der Waals surface area contributed by atoms with Gasteiger partial charge in [-0.15, -0.1) is 0 Å². The molecule has 0 atom stereocenters. The molecule has 3 N–H and O–H groups in total. The average Bonchev–Trinajstić information content (AvgIpc) is 2.40. The molecule has 6 heteroatoms. The second kappa shape index (κ2) is 7.19. The van der Waals surface area contributed by atoms with Crippen LogP contribution in [0.5, 0.6) is 5.75 Å². The van der Waals surface area contributed by atoms with E-state index in [1.54, 1.807) is 0 Å². The molecule has 0 radical (unpaired) electrons. The van der Waals surface area contributed by atoms with Gasteiger partial charge in [0.15, 0.2) is 0 Å². The molecule has 0 aliphatic carbocycles. The Bertz CT molecular complexity index is 464. The Labute approximate surface area is 117 Å². The van der Waals surface area contributed by atoms with Gasteiger partial charge in [-0.1, -0.05) is 12.1 Å². The molecule has 20 heavy (non-hydrogen) atoms. The van der Waals surface area contributed by atoms with Gasteiger partial charge >= 0.3 is 0 Å². The van der Waals surface area contributed by atoms with Gasteiger partial charge in [-0.05, 0) is 31.0 Å². The van der Waals surface area contributed by atoms with E-state index in [-0.39, 0.29) is 13.0 Å². The summed E-state index contributed by atoms with van der Waals surface area (Å²) in [7, 11) is 0. The SMILES string of the molecule is Cc1ccc(C)c(OCCC(=O)NCC(F)(F)CN)c1. The Kier molecular flexibility index (Phi) is 5.88. The minimum absolute atomic E-state index is 0.0219. The van der Waals surface area contributed by atoms with Crippen molar-refractivity contribution in [2.45, 2.75) is 26.2 Å². The first-order valence-electron chi connectivity index (χ1n) is 6.39.